The van der Waals surface area contributed by atoms with E-state index >= 15 is 0 Å². The Hall–Kier alpha value is -8.92. The van der Waals surface area contributed by atoms with E-state index in [1.807, 2.05) is 60.9 Å². The molecule has 460 valence electrons. The van der Waals surface area contributed by atoms with Gasteiger partial charge >= 0.3 is 63.2 Å². The van der Waals surface area contributed by atoms with Crippen LogP contribution in [0, 0.1) is 59.7 Å². The maximum Gasteiger partial charge on any atom is 2.00 e. The van der Waals surface area contributed by atoms with E-state index in [2.05, 4.69) is 143 Å². The monoisotopic (exact) mass is 1750 g/mol. The fourth-order valence-electron chi connectivity index (χ4n) is 10.0. The van der Waals surface area contributed by atoms with Gasteiger partial charge in [-0.15, -0.1) is 82.6 Å². The zero-order valence-corrected chi connectivity index (χ0v) is 56.4. The fraction of sp³-hybridized carbons (Fsp3) is 0.0909. The molecule has 0 N–H and O–H groups in total. The smallest absolute Gasteiger partial charge is 0.333 e. The molecular formula is C77H52F4N6O2Pt3. The number of hydrogen-bond donors (Lipinski definition) is 0. The summed E-state index contributed by atoms with van der Waals surface area (Å²) in [5.41, 5.74) is 7.77. The molecule has 13 aromatic rings. The maximum atomic E-state index is 14.4. The Bertz CT molecular complexity index is 4380. The van der Waals surface area contributed by atoms with Gasteiger partial charge in [0, 0.05) is 82.7 Å². The van der Waals surface area contributed by atoms with Crippen molar-refractivity contribution < 1.29 is 90.3 Å². The molecule has 13 rings (SSSR count). The largest absolute Gasteiger partial charge is 2.00 e. The second-order valence-corrected chi connectivity index (χ2v) is 21.7. The summed E-state index contributed by atoms with van der Waals surface area (Å²) < 4.78 is 57.1. The molecule has 0 atom stereocenters. The molecule has 0 aliphatic carbocycles. The van der Waals surface area contributed by atoms with Gasteiger partial charge in [0.1, 0.15) is 11.6 Å². The molecule has 15 heteroatoms. The van der Waals surface area contributed by atoms with Crippen LogP contribution in [0.25, 0.3) is 55.2 Å². The van der Waals surface area contributed by atoms with Crippen LogP contribution in [0.1, 0.15) is 93.4 Å². The molecule has 0 aliphatic rings. The molecule has 7 aromatic carbocycles. The summed E-state index contributed by atoms with van der Waals surface area (Å²) in [5, 5.41) is 3.31. The minimum atomic E-state index is -0.890. The normalized spacial score (nSPS) is 10.9. The molecule has 0 spiro atoms. The van der Waals surface area contributed by atoms with Crippen LogP contribution in [0.15, 0.2) is 231 Å². The summed E-state index contributed by atoms with van der Waals surface area (Å²) in [4.78, 5) is 51.1. The van der Waals surface area contributed by atoms with Gasteiger partial charge in [-0.3, -0.25) is 37.5 Å². The van der Waals surface area contributed by atoms with Crippen molar-refractivity contribution in [1.82, 2.24) is 29.9 Å². The van der Waals surface area contributed by atoms with Crippen LogP contribution in [-0.4, -0.2) is 41.5 Å². The molecule has 92 heavy (non-hydrogen) atoms. The zero-order chi connectivity index (χ0) is 62.1. The van der Waals surface area contributed by atoms with Crippen LogP contribution in [-0.2, 0) is 80.4 Å². The third-order valence-corrected chi connectivity index (χ3v) is 15.1. The Balaban J connectivity index is 0.000000175. The third kappa shape index (κ3) is 15.7. The van der Waals surface area contributed by atoms with E-state index in [1.54, 1.807) is 97.3 Å². The Morgan fingerprint density at radius 2 is 0.728 bits per heavy atom. The van der Waals surface area contributed by atoms with E-state index < -0.39 is 23.3 Å². The number of ketones is 2. The minimum absolute atomic E-state index is 0. The Morgan fingerprint density at radius 1 is 0.370 bits per heavy atom. The van der Waals surface area contributed by atoms with Gasteiger partial charge in [-0.1, -0.05) is 122 Å². The number of carbonyl (C=O) groups excluding carboxylic acids is 2. The number of fused-ring (bicyclic) bond motifs is 3. The van der Waals surface area contributed by atoms with Gasteiger partial charge < -0.3 is 19.6 Å². The minimum Gasteiger partial charge on any atom is -0.333 e. The number of rotatable bonds is 13. The summed E-state index contributed by atoms with van der Waals surface area (Å²) in [5.74, 6) is -3.84. The van der Waals surface area contributed by atoms with E-state index in [4.69, 9.17) is 0 Å². The molecule has 0 unspecified atom stereocenters. The summed E-state index contributed by atoms with van der Waals surface area (Å²) in [6.45, 7) is 8.76. The standard InChI is InChI=1S/C28H26N2.C26H14N2O2.C23H12F4N2.3Pt/c1-27(2,25-15-5-7-17-29-25)23-13-9-11-21(19-23)22-12-10-14-24(20-22)28(3,4)26-16-6-8-18-30-26;29-25(23-5-1-3-13-27-23)19-11-9-17-7-8-18-10-12-20(16-22(18)21(17)15-19)26(30)24-6-2-4-14-28-24;24-18-12-20(26)16(22-5-1-3-7-28-22)10-14(18)9-15-11-17(21(27)13-19(15)25)23-6-2-4-8-29-23;;;/h5-18H,1-4H3;1-14H;1-8,12-13H,9H2;;;/q3*-2;3*+2. The van der Waals surface area contributed by atoms with Crippen LogP contribution < -0.4 is 0 Å². The second kappa shape index (κ2) is 30.9. The molecule has 8 nitrogen and oxygen atoms in total. The van der Waals surface area contributed by atoms with Crippen molar-refractivity contribution in [3.63, 3.8) is 0 Å². The summed E-state index contributed by atoms with van der Waals surface area (Å²) >= 11 is 0. The van der Waals surface area contributed by atoms with Crippen molar-refractivity contribution in [2.75, 3.05) is 0 Å². The average Bonchev–Trinajstić information content (AvgIpc) is 0.820. The van der Waals surface area contributed by atoms with Crippen molar-refractivity contribution in [1.29, 1.82) is 0 Å². The van der Waals surface area contributed by atoms with Crippen LogP contribution in [0.2, 0.25) is 0 Å². The fourth-order valence-corrected chi connectivity index (χ4v) is 10.0. The molecule has 0 saturated heterocycles. The van der Waals surface area contributed by atoms with Gasteiger partial charge in [0.15, 0.2) is 0 Å². The zero-order valence-electron chi connectivity index (χ0n) is 49.6. The molecule has 0 saturated carbocycles. The van der Waals surface area contributed by atoms with Crippen molar-refractivity contribution in [2.45, 2.75) is 44.9 Å². The third-order valence-electron chi connectivity index (χ3n) is 15.1. The van der Waals surface area contributed by atoms with Crippen LogP contribution in [0.4, 0.5) is 17.6 Å². The first-order chi connectivity index (χ1) is 43.1. The predicted molar refractivity (Wildman–Crippen MR) is 336 cm³/mol. The van der Waals surface area contributed by atoms with Crippen molar-refractivity contribution in [2.24, 2.45) is 0 Å². The van der Waals surface area contributed by atoms with Gasteiger partial charge in [0.05, 0.1) is 11.4 Å². The topological polar surface area (TPSA) is 111 Å². The Kier molecular flexibility index (Phi) is 23.2. The number of carbonyl (C=O) groups is 2. The molecular weight excluding hydrogens is 1700 g/mol. The number of halogens is 4. The van der Waals surface area contributed by atoms with Gasteiger partial charge in [-0.2, -0.15) is 59.3 Å². The molecule has 0 bridgehead atoms. The van der Waals surface area contributed by atoms with Crippen molar-refractivity contribution in [3.8, 4) is 33.6 Å². The number of benzene rings is 7. The van der Waals surface area contributed by atoms with E-state index in [0.29, 0.717) is 34.6 Å². The molecule has 0 radical (unpaired) electrons. The van der Waals surface area contributed by atoms with E-state index in [9.17, 15) is 27.2 Å². The van der Waals surface area contributed by atoms with Gasteiger partial charge in [-0.05, 0) is 78.5 Å². The predicted octanol–water partition coefficient (Wildman–Crippen LogP) is 16.8. The summed E-state index contributed by atoms with van der Waals surface area (Å²) in [7, 11) is 0. The van der Waals surface area contributed by atoms with Gasteiger partial charge in [-0.25, -0.2) is 11.1 Å². The molecule has 6 heterocycles. The first kappa shape index (κ1) is 69.0. The molecule has 6 aromatic heterocycles. The molecule has 0 aliphatic heterocycles. The van der Waals surface area contributed by atoms with Crippen LogP contribution >= 0.6 is 0 Å². The van der Waals surface area contributed by atoms with E-state index in [1.165, 1.54) is 12.4 Å². The van der Waals surface area contributed by atoms with E-state index in [0.717, 1.165) is 55.2 Å². The summed E-state index contributed by atoms with van der Waals surface area (Å²) in [6, 6.07) is 76.5. The van der Waals surface area contributed by atoms with E-state index in [-0.39, 0.29) is 126 Å². The number of nitrogens with zero attached hydrogens (tertiary/aromatic N) is 6. The average molecular weight is 1750 g/mol. The first-order valence-corrected chi connectivity index (χ1v) is 28.4. The first-order valence-electron chi connectivity index (χ1n) is 28.4. The van der Waals surface area contributed by atoms with Crippen molar-refractivity contribution in [3.05, 3.63) is 347 Å². The summed E-state index contributed by atoms with van der Waals surface area (Å²) in [6.07, 6.45) is 9.52. The van der Waals surface area contributed by atoms with Gasteiger partial charge in [0.25, 0.3) is 0 Å². The number of pyridine rings is 6. The quantitative estimate of drug-likeness (QED) is 0.0486. The number of hydrogen-bond acceptors (Lipinski definition) is 8. The SMILES string of the molecule is CC(C)(c1[c-]c(-c2[c-]c(C(C)(C)c3ccccn3)ccc2)ccc1)c1ccccn1.Fc1cc(F)c(-c2ccccn2)[c-]c1Cc1[c-]c(-c2ccccn2)c(F)cc1F.O=C(c1[c-]c2c(cc1)ccc1ccc(C(=O)c3ccccn3)[c-]c12)c1ccccn1.[Pt+2].[Pt+2].[Pt+2]. The van der Waals surface area contributed by atoms with Crippen LogP contribution in [0.5, 0.6) is 0 Å². The molecule has 0 amide bonds. The van der Waals surface area contributed by atoms with Crippen LogP contribution in [0.3, 0.4) is 0 Å². The number of aromatic nitrogens is 6. The molecule has 0 fully saturated rings. The Labute approximate surface area is 574 Å². The van der Waals surface area contributed by atoms with Gasteiger partial charge in [0.2, 0.25) is 0 Å². The Morgan fingerprint density at radius 3 is 1.08 bits per heavy atom. The van der Waals surface area contributed by atoms with Crippen molar-refractivity contribution >= 4 is 33.1 Å². The maximum absolute atomic E-state index is 14.4. The second-order valence-electron chi connectivity index (χ2n) is 21.7.